The maximum atomic E-state index is 14.9. The Morgan fingerprint density at radius 2 is 2.14 bits per heavy atom. The van der Waals surface area contributed by atoms with E-state index in [0.717, 1.165) is 18.7 Å². The van der Waals surface area contributed by atoms with Gasteiger partial charge in [-0.05, 0) is 36.2 Å². The molecule has 1 fully saturated rings. The summed E-state index contributed by atoms with van der Waals surface area (Å²) in [5.74, 6) is -0.682. The van der Waals surface area contributed by atoms with E-state index in [-0.39, 0.29) is 30.0 Å². The number of halogens is 1. The van der Waals surface area contributed by atoms with E-state index >= 15 is 0 Å². The molecule has 10 heteroatoms. The van der Waals surface area contributed by atoms with E-state index in [1.54, 1.807) is 36.2 Å². The minimum atomic E-state index is -0.636. The quantitative estimate of drug-likeness (QED) is 0.360. The molecule has 1 aromatic carbocycles. The maximum absolute atomic E-state index is 14.9. The van der Waals surface area contributed by atoms with Crippen molar-refractivity contribution in [3.8, 4) is 10.4 Å². The van der Waals surface area contributed by atoms with Crippen LogP contribution in [0.15, 0.2) is 42.5 Å². The van der Waals surface area contributed by atoms with Crippen LogP contribution < -0.4 is 16.4 Å². The number of aliphatic hydroxyl groups excluding tert-OH is 1. The fraction of sp³-hybridized carbons (Fsp3) is 0.320. The molecule has 1 aliphatic rings. The predicted molar refractivity (Wildman–Crippen MR) is 134 cm³/mol. The number of likely N-dealkylation sites (tertiary alicyclic amines) is 1. The van der Waals surface area contributed by atoms with Gasteiger partial charge in [0.1, 0.15) is 16.6 Å². The first-order valence-electron chi connectivity index (χ1n) is 11.3. The molecule has 3 aromatic rings. The van der Waals surface area contributed by atoms with E-state index in [0.29, 0.717) is 33.4 Å². The van der Waals surface area contributed by atoms with Crippen LogP contribution >= 0.6 is 11.3 Å². The van der Waals surface area contributed by atoms with E-state index in [1.807, 2.05) is 19.1 Å². The first kappa shape index (κ1) is 24.8. The number of primary amides is 1. The van der Waals surface area contributed by atoms with Crippen molar-refractivity contribution in [2.45, 2.75) is 31.8 Å². The summed E-state index contributed by atoms with van der Waals surface area (Å²) >= 11 is 1.20. The molecule has 2 aromatic heterocycles. The van der Waals surface area contributed by atoms with Gasteiger partial charge in [-0.25, -0.2) is 9.37 Å². The van der Waals surface area contributed by atoms with Crippen molar-refractivity contribution in [3.05, 3.63) is 65.1 Å². The summed E-state index contributed by atoms with van der Waals surface area (Å²) in [7, 11) is 1.79. The fourth-order valence-electron chi connectivity index (χ4n) is 3.95. The third-order valence-electron chi connectivity index (χ3n) is 6.10. The highest BCUT2D eigenvalue weighted by atomic mass is 32.1. The Bertz CT molecular complexity index is 1250. The van der Waals surface area contributed by atoms with Crippen molar-refractivity contribution in [1.29, 1.82) is 0 Å². The molecule has 3 heterocycles. The minimum Gasteiger partial charge on any atom is -0.396 e. The number of nitrogens with zero attached hydrogens (tertiary/aromatic N) is 2. The van der Waals surface area contributed by atoms with Crippen molar-refractivity contribution in [1.82, 2.24) is 15.2 Å². The Kier molecular flexibility index (Phi) is 7.44. The number of amides is 2. The van der Waals surface area contributed by atoms with Crippen molar-refractivity contribution >= 4 is 34.0 Å². The van der Waals surface area contributed by atoms with E-state index < -0.39 is 11.7 Å². The summed E-state index contributed by atoms with van der Waals surface area (Å²) < 4.78 is 14.9. The number of benzene rings is 1. The van der Waals surface area contributed by atoms with E-state index in [4.69, 9.17) is 5.73 Å². The number of rotatable bonds is 9. The third-order valence-corrected chi connectivity index (χ3v) is 7.19. The number of likely N-dealkylation sites (N-methyl/N-ethyl adjacent to an activating group) is 1. The zero-order chi connectivity index (χ0) is 25.1. The standard InChI is InChI=1S/C25H28FN5O3S/c1-14(13-32)15-6-7-17(19(26)10-15)21-11-18(23(27)33)24(35-21)30-22-5-3-4-16(29-22)12-28-20-8-9-31(2)25(20)34/h3-7,10-11,14,20,28,32H,8-9,12-13H2,1-2H3,(H2,27,33)(H,29,30). The number of carbonyl (C=O) groups excluding carboxylic acids is 2. The highest BCUT2D eigenvalue weighted by Gasteiger charge is 2.28. The topological polar surface area (TPSA) is 121 Å². The molecule has 1 aliphatic heterocycles. The monoisotopic (exact) mass is 497 g/mol. The molecule has 0 aliphatic carbocycles. The highest BCUT2D eigenvalue weighted by molar-refractivity contribution is 7.19. The number of aromatic nitrogens is 1. The van der Waals surface area contributed by atoms with Crippen LogP contribution in [0.1, 0.15) is 40.9 Å². The number of thiophene rings is 1. The number of nitrogens with two attached hydrogens (primary N) is 1. The fourth-order valence-corrected chi connectivity index (χ4v) is 5.04. The predicted octanol–water partition coefficient (Wildman–Crippen LogP) is 3.21. The summed E-state index contributed by atoms with van der Waals surface area (Å²) in [5.41, 5.74) is 7.60. The second-order valence-electron chi connectivity index (χ2n) is 8.66. The molecule has 8 nitrogen and oxygen atoms in total. The number of hydrogen-bond donors (Lipinski definition) is 4. The average molecular weight is 498 g/mol. The number of hydrogen-bond acceptors (Lipinski definition) is 7. The van der Waals surface area contributed by atoms with Gasteiger partial charge in [-0.1, -0.05) is 25.1 Å². The van der Waals surface area contributed by atoms with Crippen molar-refractivity contribution in [3.63, 3.8) is 0 Å². The lowest BCUT2D eigenvalue weighted by atomic mass is 9.99. The van der Waals surface area contributed by atoms with Crippen LogP contribution in [0.25, 0.3) is 10.4 Å². The van der Waals surface area contributed by atoms with Crippen LogP contribution in [-0.2, 0) is 11.3 Å². The van der Waals surface area contributed by atoms with Crippen molar-refractivity contribution in [2.75, 3.05) is 25.5 Å². The second kappa shape index (κ2) is 10.5. The van der Waals surface area contributed by atoms with Crippen molar-refractivity contribution in [2.24, 2.45) is 5.73 Å². The smallest absolute Gasteiger partial charge is 0.251 e. The van der Waals surface area contributed by atoms with Gasteiger partial charge in [0, 0.05) is 43.1 Å². The maximum Gasteiger partial charge on any atom is 0.251 e. The van der Waals surface area contributed by atoms with Gasteiger partial charge in [-0.15, -0.1) is 11.3 Å². The van der Waals surface area contributed by atoms with Gasteiger partial charge in [0.15, 0.2) is 0 Å². The summed E-state index contributed by atoms with van der Waals surface area (Å²) in [4.78, 5) is 31.0. The normalized spacial score (nSPS) is 16.5. The van der Waals surface area contributed by atoms with Gasteiger partial charge in [0.25, 0.3) is 5.91 Å². The zero-order valence-corrected chi connectivity index (χ0v) is 20.4. The zero-order valence-electron chi connectivity index (χ0n) is 19.5. The highest BCUT2D eigenvalue weighted by Crippen LogP contribution is 2.38. The molecule has 0 spiro atoms. The molecule has 2 atom stereocenters. The molecule has 35 heavy (non-hydrogen) atoms. The summed E-state index contributed by atoms with van der Waals surface area (Å²) in [6.07, 6.45) is 0.754. The van der Waals surface area contributed by atoms with Crippen molar-refractivity contribution < 1.29 is 19.1 Å². The summed E-state index contributed by atoms with van der Waals surface area (Å²) in [6.45, 7) is 2.88. The first-order valence-corrected chi connectivity index (χ1v) is 12.1. The minimum absolute atomic E-state index is 0.0718. The van der Waals surface area contributed by atoms with Crippen LogP contribution in [0.5, 0.6) is 0 Å². The van der Waals surface area contributed by atoms with Crippen LogP contribution in [0.2, 0.25) is 0 Å². The van der Waals surface area contributed by atoms with Gasteiger partial charge in [-0.2, -0.15) is 0 Å². The molecule has 0 bridgehead atoms. The largest absolute Gasteiger partial charge is 0.396 e. The molecule has 0 radical (unpaired) electrons. The van der Waals surface area contributed by atoms with Gasteiger partial charge in [0.2, 0.25) is 5.91 Å². The van der Waals surface area contributed by atoms with Gasteiger partial charge < -0.3 is 26.4 Å². The summed E-state index contributed by atoms with van der Waals surface area (Å²) in [5, 5.41) is 16.2. The lowest BCUT2D eigenvalue weighted by Gasteiger charge is -2.12. The molecular formula is C25H28FN5O3S. The Balaban J connectivity index is 1.53. The molecular weight excluding hydrogens is 469 g/mol. The van der Waals surface area contributed by atoms with E-state index in [1.165, 1.54) is 17.4 Å². The Morgan fingerprint density at radius 3 is 2.80 bits per heavy atom. The molecule has 184 valence electrons. The molecule has 2 amide bonds. The Hall–Kier alpha value is -3.34. The SMILES string of the molecule is CC(CO)c1ccc(-c2cc(C(N)=O)c(Nc3cccc(CNC4CCN(C)C4=O)n3)s2)c(F)c1. The Labute approximate surface area is 207 Å². The third kappa shape index (κ3) is 5.50. The molecule has 4 rings (SSSR count). The van der Waals surface area contributed by atoms with Gasteiger partial charge in [-0.3, -0.25) is 9.59 Å². The first-order chi connectivity index (χ1) is 16.8. The van der Waals surface area contributed by atoms with Crippen LogP contribution in [0, 0.1) is 5.82 Å². The molecule has 2 unspecified atom stereocenters. The number of anilines is 2. The number of pyridine rings is 1. The number of aliphatic hydroxyl groups is 1. The Morgan fingerprint density at radius 1 is 1.34 bits per heavy atom. The van der Waals surface area contributed by atoms with E-state index in [2.05, 4.69) is 15.6 Å². The molecule has 0 saturated carbocycles. The van der Waals surface area contributed by atoms with Crippen LogP contribution in [0.4, 0.5) is 15.2 Å². The van der Waals surface area contributed by atoms with Crippen LogP contribution in [0.3, 0.4) is 0 Å². The summed E-state index contributed by atoms with van der Waals surface area (Å²) in [6, 6.07) is 11.6. The second-order valence-corrected chi connectivity index (χ2v) is 9.71. The number of nitrogens with one attached hydrogen (secondary N) is 2. The van der Waals surface area contributed by atoms with E-state index in [9.17, 15) is 19.1 Å². The lowest BCUT2D eigenvalue weighted by Crippen LogP contribution is -2.36. The lowest BCUT2D eigenvalue weighted by molar-refractivity contribution is -0.128. The van der Waals surface area contributed by atoms with Gasteiger partial charge in [0.05, 0.1) is 17.3 Å². The van der Waals surface area contributed by atoms with Crippen LogP contribution in [-0.4, -0.2) is 53.0 Å². The van der Waals surface area contributed by atoms with Gasteiger partial charge >= 0.3 is 0 Å². The number of carbonyl (C=O) groups is 2. The average Bonchev–Trinajstić information content (AvgIpc) is 3.40. The molecule has 1 saturated heterocycles. The molecule has 5 N–H and O–H groups in total.